The monoisotopic (exact) mass is 410 g/mol. The summed E-state index contributed by atoms with van der Waals surface area (Å²) in [6.07, 6.45) is 1.31. The summed E-state index contributed by atoms with van der Waals surface area (Å²) < 4.78 is 10.9. The molecule has 0 saturated heterocycles. The Bertz CT molecular complexity index is 817. The minimum atomic E-state index is -0.451. The predicted octanol–water partition coefficient (Wildman–Crippen LogP) is 6.20. The number of esters is 2. The molecule has 0 aliphatic heterocycles. The lowest BCUT2D eigenvalue weighted by atomic mass is 10.1. The fourth-order valence-corrected chi connectivity index (χ4v) is 3.42. The number of halogens is 2. The highest BCUT2D eigenvalue weighted by atomic mass is 35.5. The molecule has 2 rings (SSSR count). The van der Waals surface area contributed by atoms with Gasteiger partial charge in [-0.3, -0.25) is 9.59 Å². The van der Waals surface area contributed by atoms with Crippen LogP contribution in [0.15, 0.2) is 30.3 Å². The standard InChI is InChI=1S/C21H24Cl2O4/c1-4-18(13(2)3)26-19(24)10-7-11-20(25)27-21-15-9-6-5-8-14(15)16(22)12-17(21)23/h5-6,8-9,12-13,18H,4,7,10-11H2,1-3H3. The molecule has 2 aromatic rings. The summed E-state index contributed by atoms with van der Waals surface area (Å²) >= 11 is 12.4. The molecule has 0 radical (unpaired) electrons. The van der Waals surface area contributed by atoms with Crippen molar-refractivity contribution < 1.29 is 19.1 Å². The molecule has 0 aliphatic rings. The fourth-order valence-electron chi connectivity index (χ4n) is 2.84. The van der Waals surface area contributed by atoms with Crippen molar-refractivity contribution in [1.82, 2.24) is 0 Å². The van der Waals surface area contributed by atoms with Crippen molar-refractivity contribution in [2.24, 2.45) is 5.92 Å². The zero-order chi connectivity index (χ0) is 20.0. The second-order valence-corrected chi connectivity index (χ2v) is 7.54. The normalized spacial score (nSPS) is 12.2. The second-order valence-electron chi connectivity index (χ2n) is 6.72. The van der Waals surface area contributed by atoms with E-state index in [4.69, 9.17) is 32.7 Å². The number of rotatable bonds is 8. The molecule has 0 N–H and O–H groups in total. The highest BCUT2D eigenvalue weighted by molar-refractivity contribution is 6.40. The third kappa shape index (κ3) is 5.85. The van der Waals surface area contributed by atoms with E-state index < -0.39 is 5.97 Å². The minimum absolute atomic E-state index is 0.0938. The molecule has 4 nitrogen and oxygen atoms in total. The lowest BCUT2D eigenvalue weighted by Crippen LogP contribution is -2.22. The lowest BCUT2D eigenvalue weighted by molar-refractivity contribution is -0.151. The van der Waals surface area contributed by atoms with Crippen LogP contribution in [0.2, 0.25) is 10.0 Å². The molecule has 0 fully saturated rings. The van der Waals surface area contributed by atoms with E-state index in [1.54, 1.807) is 12.1 Å². The summed E-state index contributed by atoms with van der Waals surface area (Å²) in [4.78, 5) is 24.1. The van der Waals surface area contributed by atoms with Gasteiger partial charge in [-0.15, -0.1) is 0 Å². The summed E-state index contributed by atoms with van der Waals surface area (Å²) in [7, 11) is 0. The Morgan fingerprint density at radius 2 is 1.63 bits per heavy atom. The fraction of sp³-hybridized carbons (Fsp3) is 0.429. The zero-order valence-electron chi connectivity index (χ0n) is 15.8. The van der Waals surface area contributed by atoms with E-state index in [2.05, 4.69) is 0 Å². The minimum Gasteiger partial charge on any atom is -0.462 e. The van der Waals surface area contributed by atoms with Gasteiger partial charge in [0, 0.05) is 23.6 Å². The number of benzene rings is 2. The average molecular weight is 411 g/mol. The Morgan fingerprint density at radius 1 is 1.00 bits per heavy atom. The van der Waals surface area contributed by atoms with Crippen molar-refractivity contribution in [2.45, 2.75) is 52.6 Å². The maximum atomic E-state index is 12.2. The third-order valence-corrected chi connectivity index (χ3v) is 4.90. The number of ether oxygens (including phenoxy) is 2. The van der Waals surface area contributed by atoms with Gasteiger partial charge in [-0.1, -0.05) is 68.2 Å². The van der Waals surface area contributed by atoms with E-state index in [-0.39, 0.29) is 41.6 Å². The van der Waals surface area contributed by atoms with E-state index in [1.807, 2.05) is 39.0 Å². The molecule has 0 saturated carbocycles. The van der Waals surface area contributed by atoms with Crippen LogP contribution >= 0.6 is 23.2 Å². The van der Waals surface area contributed by atoms with E-state index in [0.29, 0.717) is 16.8 Å². The number of carbonyl (C=O) groups excluding carboxylic acids is 2. The topological polar surface area (TPSA) is 52.6 Å². The van der Waals surface area contributed by atoms with Crippen LogP contribution in [0.5, 0.6) is 5.75 Å². The van der Waals surface area contributed by atoms with Gasteiger partial charge in [0.1, 0.15) is 6.10 Å². The van der Waals surface area contributed by atoms with Crippen LogP contribution in [0.4, 0.5) is 0 Å². The van der Waals surface area contributed by atoms with Crippen molar-refractivity contribution in [3.8, 4) is 5.75 Å². The maximum absolute atomic E-state index is 12.2. The van der Waals surface area contributed by atoms with Crippen LogP contribution < -0.4 is 4.74 Å². The zero-order valence-corrected chi connectivity index (χ0v) is 17.3. The van der Waals surface area contributed by atoms with Crippen LogP contribution in [0.25, 0.3) is 10.8 Å². The number of hydrogen-bond acceptors (Lipinski definition) is 4. The number of fused-ring (bicyclic) bond motifs is 1. The van der Waals surface area contributed by atoms with Crippen LogP contribution in [0.3, 0.4) is 0 Å². The molecule has 2 aromatic carbocycles. The highest BCUT2D eigenvalue weighted by Crippen LogP contribution is 2.38. The van der Waals surface area contributed by atoms with Crippen LogP contribution in [0.1, 0.15) is 46.5 Å². The molecule has 0 heterocycles. The molecular weight excluding hydrogens is 387 g/mol. The molecule has 0 aliphatic carbocycles. The van der Waals surface area contributed by atoms with E-state index in [1.165, 1.54) is 0 Å². The first-order chi connectivity index (χ1) is 12.8. The average Bonchev–Trinajstić information content (AvgIpc) is 2.63. The Labute approximate surface area is 169 Å². The Balaban J connectivity index is 1.93. The largest absolute Gasteiger partial charge is 0.462 e. The van der Waals surface area contributed by atoms with Gasteiger partial charge in [0.2, 0.25) is 0 Å². The van der Waals surface area contributed by atoms with Crippen LogP contribution in [-0.4, -0.2) is 18.0 Å². The van der Waals surface area contributed by atoms with Gasteiger partial charge in [-0.25, -0.2) is 0 Å². The first kappa shape index (κ1) is 21.5. The Hall–Kier alpha value is -1.78. The van der Waals surface area contributed by atoms with Gasteiger partial charge in [0.05, 0.1) is 10.0 Å². The smallest absolute Gasteiger partial charge is 0.311 e. The van der Waals surface area contributed by atoms with E-state index >= 15 is 0 Å². The molecule has 0 amide bonds. The molecule has 0 spiro atoms. The quantitative estimate of drug-likeness (QED) is 0.383. The molecule has 146 valence electrons. The molecule has 0 bridgehead atoms. The lowest BCUT2D eigenvalue weighted by Gasteiger charge is -2.19. The van der Waals surface area contributed by atoms with Gasteiger partial charge < -0.3 is 9.47 Å². The molecule has 0 aromatic heterocycles. The highest BCUT2D eigenvalue weighted by Gasteiger charge is 2.18. The number of carbonyl (C=O) groups is 2. The molecule has 1 unspecified atom stereocenters. The van der Waals surface area contributed by atoms with E-state index in [9.17, 15) is 9.59 Å². The van der Waals surface area contributed by atoms with Crippen LogP contribution in [-0.2, 0) is 14.3 Å². The summed E-state index contributed by atoms with van der Waals surface area (Å²) in [5.41, 5.74) is 0. The molecule has 1 atom stereocenters. The van der Waals surface area contributed by atoms with Gasteiger partial charge in [0.15, 0.2) is 5.75 Å². The Kier molecular flexibility index (Phi) is 7.93. The number of hydrogen-bond donors (Lipinski definition) is 0. The Morgan fingerprint density at radius 3 is 2.26 bits per heavy atom. The van der Waals surface area contributed by atoms with Gasteiger partial charge in [-0.2, -0.15) is 0 Å². The summed E-state index contributed by atoms with van der Waals surface area (Å²) in [5.74, 6) is -0.189. The first-order valence-corrected chi connectivity index (χ1v) is 9.86. The van der Waals surface area contributed by atoms with Crippen molar-refractivity contribution in [3.63, 3.8) is 0 Å². The summed E-state index contributed by atoms with van der Waals surface area (Å²) in [6, 6.07) is 8.85. The summed E-state index contributed by atoms with van der Waals surface area (Å²) in [5, 5.41) is 2.20. The maximum Gasteiger partial charge on any atom is 0.311 e. The molecule has 6 heteroatoms. The molecular formula is C21H24Cl2O4. The van der Waals surface area contributed by atoms with Gasteiger partial charge in [-0.05, 0) is 24.8 Å². The third-order valence-electron chi connectivity index (χ3n) is 4.31. The van der Waals surface area contributed by atoms with Crippen molar-refractivity contribution in [1.29, 1.82) is 0 Å². The van der Waals surface area contributed by atoms with Gasteiger partial charge >= 0.3 is 11.9 Å². The van der Waals surface area contributed by atoms with Crippen molar-refractivity contribution >= 4 is 45.9 Å². The van der Waals surface area contributed by atoms with Gasteiger partial charge in [0.25, 0.3) is 0 Å². The van der Waals surface area contributed by atoms with Crippen LogP contribution in [0, 0.1) is 5.92 Å². The predicted molar refractivity (Wildman–Crippen MR) is 108 cm³/mol. The SMILES string of the molecule is CCC(OC(=O)CCCC(=O)Oc1c(Cl)cc(Cl)c2ccccc12)C(C)C. The van der Waals surface area contributed by atoms with Crippen molar-refractivity contribution in [3.05, 3.63) is 40.4 Å². The first-order valence-electron chi connectivity index (χ1n) is 9.10. The summed E-state index contributed by atoms with van der Waals surface area (Å²) in [6.45, 7) is 6.01. The van der Waals surface area contributed by atoms with Crippen molar-refractivity contribution in [2.75, 3.05) is 0 Å². The molecule has 27 heavy (non-hydrogen) atoms. The second kappa shape index (κ2) is 9.95. The van der Waals surface area contributed by atoms with E-state index in [0.717, 1.165) is 11.8 Å².